The van der Waals surface area contributed by atoms with Crippen molar-refractivity contribution >= 4 is 38.8 Å². The zero-order valence-electron chi connectivity index (χ0n) is 8.40. The molecule has 0 aliphatic carbocycles. The van der Waals surface area contributed by atoms with Crippen molar-refractivity contribution in [1.29, 1.82) is 0 Å². The normalized spacial score (nSPS) is 16.8. The first kappa shape index (κ1) is 17.8. The van der Waals surface area contributed by atoms with Crippen LogP contribution in [0.4, 0.5) is 0 Å². The van der Waals surface area contributed by atoms with Crippen LogP contribution >= 0.6 is 38.8 Å². The van der Waals surface area contributed by atoms with E-state index in [2.05, 4.69) is 8.83 Å². The Morgan fingerprint density at radius 3 is 1.88 bits per heavy atom. The Hall–Kier alpha value is 0.800. The van der Waals surface area contributed by atoms with Crippen LogP contribution in [0.15, 0.2) is 0 Å². The molecule has 0 aromatic rings. The molecule has 17 heavy (non-hydrogen) atoms. The molecule has 0 radical (unpaired) electrons. The Morgan fingerprint density at radius 1 is 1.12 bits per heavy atom. The van der Waals surface area contributed by atoms with Crippen molar-refractivity contribution < 1.29 is 37.8 Å². The minimum absolute atomic E-state index is 0.178. The number of alkyl halides is 2. The van der Waals surface area contributed by atoms with E-state index >= 15 is 0 Å². The van der Waals surface area contributed by atoms with Crippen LogP contribution in [-0.4, -0.2) is 44.8 Å². The minimum atomic E-state index is -5.16. The molecule has 104 valence electrons. The van der Waals surface area contributed by atoms with Crippen LogP contribution in [0.3, 0.4) is 0 Å². The zero-order chi connectivity index (χ0) is 13.7. The van der Waals surface area contributed by atoms with Gasteiger partial charge in [-0.25, -0.2) is 9.13 Å². The molecule has 0 fully saturated rings. The molecule has 12 heteroatoms. The Kier molecular flexibility index (Phi) is 7.14. The first-order valence-electron chi connectivity index (χ1n) is 4.07. The van der Waals surface area contributed by atoms with E-state index in [1.165, 1.54) is 0 Å². The van der Waals surface area contributed by atoms with Gasteiger partial charge < -0.3 is 19.8 Å². The maximum absolute atomic E-state index is 11.1. The molecule has 0 aromatic carbocycles. The van der Waals surface area contributed by atoms with Gasteiger partial charge in [-0.05, 0) is 0 Å². The molecule has 0 heterocycles. The number of phosphoric acid groups is 2. The topological polar surface area (TPSA) is 134 Å². The number of aliphatic hydroxyl groups excluding tert-OH is 1. The molecule has 1 unspecified atom stereocenters. The van der Waals surface area contributed by atoms with Crippen LogP contribution in [-0.2, 0) is 18.0 Å². The van der Waals surface area contributed by atoms with Gasteiger partial charge in [0.15, 0.2) is 0 Å². The number of phosphoric ester groups is 1. The standard InChI is InChI=1S/C5H12Cl2O8P2/c6-1-5(2-7,3-8)4-14-17(12,13)15-16(9,10)11/h8H,1-4H2,(H,12,13)(H2,9,10,11). The van der Waals surface area contributed by atoms with Crippen LogP contribution in [0.2, 0.25) is 0 Å². The van der Waals surface area contributed by atoms with Crippen molar-refractivity contribution in [3.8, 4) is 0 Å². The molecular weight excluding hydrogens is 321 g/mol. The highest BCUT2D eigenvalue weighted by atomic mass is 35.5. The third-order valence-corrected chi connectivity index (χ3v) is 4.91. The first-order valence-corrected chi connectivity index (χ1v) is 8.16. The van der Waals surface area contributed by atoms with Crippen LogP contribution in [0.5, 0.6) is 0 Å². The maximum Gasteiger partial charge on any atom is 0.481 e. The summed E-state index contributed by atoms with van der Waals surface area (Å²) in [5.41, 5.74) is -1.19. The van der Waals surface area contributed by atoms with E-state index in [0.29, 0.717) is 0 Å². The summed E-state index contributed by atoms with van der Waals surface area (Å²) in [6.45, 7) is -1.12. The molecule has 0 bridgehead atoms. The van der Waals surface area contributed by atoms with Gasteiger partial charge in [-0.3, -0.25) is 4.52 Å². The Bertz CT molecular complexity index is 318. The number of hydrogen-bond donors (Lipinski definition) is 4. The Labute approximate surface area is 107 Å². The van der Waals surface area contributed by atoms with E-state index in [9.17, 15) is 9.13 Å². The van der Waals surface area contributed by atoms with Gasteiger partial charge in [0, 0.05) is 17.2 Å². The van der Waals surface area contributed by atoms with Crippen LogP contribution in [0.1, 0.15) is 0 Å². The summed E-state index contributed by atoms with van der Waals surface area (Å²) in [6, 6.07) is 0. The third-order valence-electron chi connectivity index (χ3n) is 1.65. The van der Waals surface area contributed by atoms with E-state index in [0.717, 1.165) is 0 Å². The fourth-order valence-corrected chi connectivity index (χ4v) is 2.93. The maximum atomic E-state index is 11.1. The van der Waals surface area contributed by atoms with Gasteiger partial charge in [0.05, 0.1) is 13.2 Å². The highest BCUT2D eigenvalue weighted by Crippen LogP contribution is 2.58. The van der Waals surface area contributed by atoms with Crippen LogP contribution in [0, 0.1) is 5.41 Å². The lowest BCUT2D eigenvalue weighted by Gasteiger charge is -2.27. The molecule has 0 aromatic heterocycles. The van der Waals surface area contributed by atoms with E-state index in [1.807, 2.05) is 0 Å². The Morgan fingerprint density at radius 2 is 1.59 bits per heavy atom. The highest BCUT2D eigenvalue weighted by molar-refractivity contribution is 7.60. The van der Waals surface area contributed by atoms with Crippen molar-refractivity contribution in [2.24, 2.45) is 5.41 Å². The molecule has 1 atom stereocenters. The summed E-state index contributed by atoms with van der Waals surface area (Å²) in [5.74, 6) is -0.355. The van der Waals surface area contributed by atoms with E-state index < -0.39 is 34.3 Å². The summed E-state index contributed by atoms with van der Waals surface area (Å²) in [5, 5.41) is 8.99. The molecule has 4 N–H and O–H groups in total. The molecular formula is C5H12Cl2O8P2. The predicted molar refractivity (Wildman–Crippen MR) is 59.9 cm³/mol. The third kappa shape index (κ3) is 7.08. The lowest BCUT2D eigenvalue weighted by Crippen LogP contribution is -2.34. The summed E-state index contributed by atoms with van der Waals surface area (Å²) >= 11 is 11.0. The lowest BCUT2D eigenvalue weighted by atomic mass is 9.96. The minimum Gasteiger partial charge on any atom is -0.396 e. The molecule has 0 aliphatic rings. The molecule has 0 amide bonds. The van der Waals surface area contributed by atoms with Crippen molar-refractivity contribution in [3.63, 3.8) is 0 Å². The van der Waals surface area contributed by atoms with Gasteiger partial charge in [0.2, 0.25) is 0 Å². The second-order valence-electron chi connectivity index (χ2n) is 3.24. The number of halogens is 2. The van der Waals surface area contributed by atoms with Gasteiger partial charge in [-0.2, -0.15) is 4.31 Å². The van der Waals surface area contributed by atoms with E-state index in [1.54, 1.807) is 0 Å². The molecule has 0 rings (SSSR count). The molecule has 0 saturated carbocycles. The number of hydrogen-bond acceptors (Lipinski definition) is 5. The summed E-state index contributed by atoms with van der Waals surface area (Å²) in [7, 11) is -10.1. The van der Waals surface area contributed by atoms with Crippen LogP contribution < -0.4 is 0 Å². The lowest BCUT2D eigenvalue weighted by molar-refractivity contribution is 0.0806. The molecule has 8 nitrogen and oxygen atoms in total. The predicted octanol–water partition coefficient (Wildman–Crippen LogP) is 0.669. The first-order chi connectivity index (χ1) is 7.60. The van der Waals surface area contributed by atoms with E-state index in [-0.39, 0.29) is 11.8 Å². The average Bonchev–Trinajstić information content (AvgIpc) is 2.17. The average molecular weight is 333 g/mol. The van der Waals surface area contributed by atoms with Gasteiger partial charge in [-0.1, -0.05) is 0 Å². The second kappa shape index (κ2) is 6.82. The van der Waals surface area contributed by atoms with Crippen LogP contribution in [0.25, 0.3) is 0 Å². The summed E-state index contributed by atoms with van der Waals surface area (Å²) in [4.78, 5) is 25.6. The summed E-state index contributed by atoms with van der Waals surface area (Å²) < 4.78 is 29.3. The van der Waals surface area contributed by atoms with Crippen molar-refractivity contribution in [2.75, 3.05) is 25.0 Å². The second-order valence-corrected chi connectivity index (χ2v) is 6.60. The van der Waals surface area contributed by atoms with Gasteiger partial charge >= 0.3 is 15.6 Å². The van der Waals surface area contributed by atoms with E-state index in [4.69, 9.17) is 43.0 Å². The van der Waals surface area contributed by atoms with Gasteiger partial charge in [0.1, 0.15) is 0 Å². The highest BCUT2D eigenvalue weighted by Gasteiger charge is 2.37. The smallest absolute Gasteiger partial charge is 0.396 e. The monoisotopic (exact) mass is 332 g/mol. The molecule has 0 spiro atoms. The molecule has 0 saturated heterocycles. The fraction of sp³-hybridized carbons (Fsp3) is 1.00. The quantitative estimate of drug-likeness (QED) is 0.376. The molecule has 0 aliphatic heterocycles. The number of rotatable bonds is 8. The van der Waals surface area contributed by atoms with Crippen molar-refractivity contribution in [1.82, 2.24) is 0 Å². The van der Waals surface area contributed by atoms with Gasteiger partial charge in [0.25, 0.3) is 0 Å². The Balaban J connectivity index is 4.54. The van der Waals surface area contributed by atoms with Crippen molar-refractivity contribution in [3.05, 3.63) is 0 Å². The number of aliphatic hydroxyl groups is 1. The zero-order valence-corrected chi connectivity index (χ0v) is 11.7. The largest absolute Gasteiger partial charge is 0.481 e. The van der Waals surface area contributed by atoms with Crippen molar-refractivity contribution in [2.45, 2.75) is 0 Å². The van der Waals surface area contributed by atoms with Gasteiger partial charge in [-0.15, -0.1) is 23.2 Å². The summed E-state index contributed by atoms with van der Waals surface area (Å²) in [6.07, 6.45) is 0. The SMILES string of the molecule is O=P(O)(O)OP(=O)(O)OCC(CO)(CCl)CCl. The fourth-order valence-electron chi connectivity index (χ4n) is 0.620.